The number of piperidine rings is 1. The molecule has 3 heterocycles. The Kier molecular flexibility index (Phi) is 8.54. The van der Waals surface area contributed by atoms with Gasteiger partial charge in [-0.2, -0.15) is 0 Å². The third kappa shape index (κ3) is 6.05. The zero-order valence-corrected chi connectivity index (χ0v) is 23.4. The lowest BCUT2D eigenvalue weighted by Gasteiger charge is -2.53. The first-order valence-electron chi connectivity index (χ1n) is 12.6. The number of fused-ring (bicyclic) bond motifs is 1. The Balaban J connectivity index is 1.35. The molecule has 3 unspecified atom stereocenters. The number of likely N-dealkylation sites (tertiary alicyclic amines) is 2. The fourth-order valence-electron chi connectivity index (χ4n) is 5.75. The third-order valence-corrected chi connectivity index (χ3v) is 9.05. The van der Waals surface area contributed by atoms with Crippen LogP contribution in [0.4, 0.5) is 0 Å². The normalized spacial score (nSPS) is 24.3. The van der Waals surface area contributed by atoms with Crippen LogP contribution in [0.25, 0.3) is 0 Å². The van der Waals surface area contributed by atoms with Crippen LogP contribution < -0.4 is 0 Å². The maximum atomic E-state index is 13.6. The molecule has 2 amide bonds. The largest absolute Gasteiger partial charge is 0.372 e. The highest BCUT2D eigenvalue weighted by Gasteiger charge is 2.48. The van der Waals surface area contributed by atoms with E-state index < -0.39 is 0 Å². The van der Waals surface area contributed by atoms with E-state index in [0.29, 0.717) is 46.3 Å². The van der Waals surface area contributed by atoms with Crippen LogP contribution >= 0.6 is 46.4 Å². The van der Waals surface area contributed by atoms with Crippen molar-refractivity contribution in [2.75, 3.05) is 39.3 Å². The topological polar surface area (TPSA) is 53.1 Å². The molecule has 37 heavy (non-hydrogen) atoms. The summed E-state index contributed by atoms with van der Waals surface area (Å²) in [6.45, 7) is 3.89. The number of hydrogen-bond donors (Lipinski definition) is 0. The lowest BCUT2D eigenvalue weighted by Crippen LogP contribution is -2.70. The number of hydrogen-bond acceptors (Lipinski definition) is 4. The van der Waals surface area contributed by atoms with Crippen molar-refractivity contribution >= 4 is 58.2 Å². The minimum Gasteiger partial charge on any atom is -0.372 e. The first-order valence-corrected chi connectivity index (χ1v) is 14.1. The molecule has 10 heteroatoms. The average molecular weight is 585 g/mol. The van der Waals surface area contributed by atoms with Gasteiger partial charge in [0.25, 0.3) is 0 Å². The van der Waals surface area contributed by atoms with Crippen molar-refractivity contribution < 1.29 is 14.3 Å². The van der Waals surface area contributed by atoms with Crippen molar-refractivity contribution in [2.24, 2.45) is 0 Å². The van der Waals surface area contributed by atoms with Crippen LogP contribution in [0, 0.1) is 0 Å². The van der Waals surface area contributed by atoms with Gasteiger partial charge in [0.05, 0.1) is 57.7 Å². The van der Waals surface area contributed by atoms with Crippen LogP contribution in [-0.4, -0.2) is 84.0 Å². The predicted octanol–water partition coefficient (Wildman–Crippen LogP) is 4.99. The zero-order chi connectivity index (χ0) is 26.1. The molecule has 0 saturated carbocycles. The molecule has 2 aromatic carbocycles. The molecule has 3 aliphatic heterocycles. The summed E-state index contributed by atoms with van der Waals surface area (Å²) in [6, 6.07) is 10.5. The van der Waals surface area contributed by atoms with Crippen LogP contribution in [0.1, 0.15) is 24.0 Å². The van der Waals surface area contributed by atoms with Crippen molar-refractivity contribution in [1.82, 2.24) is 14.7 Å². The summed E-state index contributed by atoms with van der Waals surface area (Å²) in [4.78, 5) is 33.2. The molecule has 3 fully saturated rings. The molecule has 5 rings (SSSR count). The Bertz CT molecular complexity index is 1170. The lowest BCUT2D eigenvalue weighted by molar-refractivity contribution is -0.166. The van der Waals surface area contributed by atoms with Crippen molar-refractivity contribution in [3.63, 3.8) is 0 Å². The Labute approximate surface area is 237 Å². The van der Waals surface area contributed by atoms with E-state index in [1.807, 2.05) is 21.9 Å². The van der Waals surface area contributed by atoms with Gasteiger partial charge in [-0.3, -0.25) is 14.5 Å². The second-order valence-electron chi connectivity index (χ2n) is 9.95. The van der Waals surface area contributed by atoms with Gasteiger partial charge in [0.15, 0.2) is 0 Å². The summed E-state index contributed by atoms with van der Waals surface area (Å²) in [6.07, 6.45) is 2.46. The van der Waals surface area contributed by atoms with Crippen molar-refractivity contribution in [3.05, 3.63) is 67.6 Å². The molecule has 3 saturated heterocycles. The van der Waals surface area contributed by atoms with E-state index in [0.717, 1.165) is 37.1 Å². The number of morpholine rings is 1. The smallest absolute Gasteiger partial charge is 0.227 e. The summed E-state index contributed by atoms with van der Waals surface area (Å²) < 4.78 is 6.21. The second kappa shape index (κ2) is 11.7. The molecule has 0 aromatic heterocycles. The Morgan fingerprint density at radius 1 is 0.784 bits per heavy atom. The van der Waals surface area contributed by atoms with E-state index >= 15 is 0 Å². The molecule has 198 valence electrons. The van der Waals surface area contributed by atoms with Gasteiger partial charge in [-0.05, 0) is 61.3 Å². The van der Waals surface area contributed by atoms with Crippen molar-refractivity contribution in [2.45, 2.75) is 43.9 Å². The molecule has 2 aromatic rings. The number of nitrogens with zero attached hydrogens (tertiary/aromatic N) is 3. The van der Waals surface area contributed by atoms with Crippen LogP contribution in [0.5, 0.6) is 0 Å². The molecule has 6 nitrogen and oxygen atoms in total. The molecule has 0 bridgehead atoms. The van der Waals surface area contributed by atoms with E-state index in [-0.39, 0.29) is 42.8 Å². The minimum atomic E-state index is -0.247. The maximum absolute atomic E-state index is 13.6. The van der Waals surface area contributed by atoms with Gasteiger partial charge in [-0.1, -0.05) is 58.5 Å². The first kappa shape index (κ1) is 27.0. The van der Waals surface area contributed by atoms with Gasteiger partial charge < -0.3 is 14.5 Å². The van der Waals surface area contributed by atoms with Crippen LogP contribution in [0.15, 0.2) is 36.4 Å². The number of carbonyl (C=O) groups excluding carboxylic acids is 2. The molecule has 3 aliphatic rings. The van der Waals surface area contributed by atoms with Gasteiger partial charge in [0.2, 0.25) is 11.8 Å². The highest BCUT2D eigenvalue weighted by Crippen LogP contribution is 2.31. The monoisotopic (exact) mass is 583 g/mol. The Hall–Kier alpha value is -1.54. The van der Waals surface area contributed by atoms with Gasteiger partial charge in [-0.25, -0.2) is 0 Å². The maximum Gasteiger partial charge on any atom is 0.227 e. The SMILES string of the molecule is O=C(Cc1ccc(Cl)c(Cl)c1)N1CC2OCCN(C(=O)Cc3ccc(Cl)c(Cl)c3)C2C(N2CCCC2)C1. The molecule has 3 atom stereocenters. The first-order chi connectivity index (χ1) is 17.8. The quantitative estimate of drug-likeness (QED) is 0.497. The number of carbonyl (C=O) groups is 2. The Morgan fingerprint density at radius 2 is 1.38 bits per heavy atom. The van der Waals surface area contributed by atoms with Gasteiger partial charge in [0.1, 0.15) is 0 Å². The van der Waals surface area contributed by atoms with Gasteiger partial charge in [0, 0.05) is 19.6 Å². The number of rotatable bonds is 5. The summed E-state index contributed by atoms with van der Waals surface area (Å²) in [7, 11) is 0. The Morgan fingerprint density at radius 3 is 1.97 bits per heavy atom. The van der Waals surface area contributed by atoms with Crippen LogP contribution in [-0.2, 0) is 27.2 Å². The molecule has 0 aliphatic carbocycles. The highest BCUT2D eigenvalue weighted by molar-refractivity contribution is 6.42. The van der Waals surface area contributed by atoms with E-state index in [1.165, 1.54) is 0 Å². The minimum absolute atomic E-state index is 0.0112. The number of amides is 2. The van der Waals surface area contributed by atoms with E-state index in [4.69, 9.17) is 51.1 Å². The molecule has 0 spiro atoms. The van der Waals surface area contributed by atoms with Crippen molar-refractivity contribution in [3.8, 4) is 0 Å². The lowest BCUT2D eigenvalue weighted by atomic mass is 9.91. The second-order valence-corrected chi connectivity index (χ2v) is 11.6. The summed E-state index contributed by atoms with van der Waals surface area (Å²) in [5.74, 6) is 0.0559. The standard InChI is InChI=1S/C27H29Cl4N3O3/c28-19-5-3-17(11-21(19)30)13-25(35)33-15-23(32-7-1-2-8-32)27-24(16-33)37-10-9-34(27)26(36)14-18-4-6-20(29)22(31)12-18/h3-6,11-12,23-24,27H,1-2,7-10,13-16H2. The van der Waals surface area contributed by atoms with E-state index in [9.17, 15) is 9.59 Å². The molecule has 0 radical (unpaired) electrons. The van der Waals surface area contributed by atoms with Gasteiger partial charge in [-0.15, -0.1) is 0 Å². The predicted molar refractivity (Wildman–Crippen MR) is 147 cm³/mol. The van der Waals surface area contributed by atoms with Crippen LogP contribution in [0.2, 0.25) is 20.1 Å². The van der Waals surface area contributed by atoms with E-state index in [2.05, 4.69) is 4.90 Å². The third-order valence-electron chi connectivity index (χ3n) is 7.57. The highest BCUT2D eigenvalue weighted by atomic mass is 35.5. The molecule has 0 N–H and O–H groups in total. The zero-order valence-electron chi connectivity index (χ0n) is 20.3. The number of benzene rings is 2. The summed E-state index contributed by atoms with van der Waals surface area (Å²) >= 11 is 24.5. The molecular weight excluding hydrogens is 556 g/mol. The average Bonchev–Trinajstić information content (AvgIpc) is 3.42. The summed E-state index contributed by atoms with van der Waals surface area (Å²) in [5.41, 5.74) is 1.65. The number of halogens is 4. The number of ether oxygens (including phenoxy) is 1. The van der Waals surface area contributed by atoms with Crippen LogP contribution in [0.3, 0.4) is 0 Å². The molecular formula is C27H29Cl4N3O3. The fourth-order valence-corrected chi connectivity index (χ4v) is 6.39. The van der Waals surface area contributed by atoms with Gasteiger partial charge >= 0.3 is 0 Å². The summed E-state index contributed by atoms with van der Waals surface area (Å²) in [5, 5.41) is 1.81. The van der Waals surface area contributed by atoms with E-state index in [1.54, 1.807) is 24.3 Å². The van der Waals surface area contributed by atoms with Crippen molar-refractivity contribution in [1.29, 1.82) is 0 Å². The fraction of sp³-hybridized carbons (Fsp3) is 0.481.